The van der Waals surface area contributed by atoms with Crippen molar-refractivity contribution in [2.45, 2.75) is 45.6 Å². The second-order valence-corrected chi connectivity index (χ2v) is 4.92. The van der Waals surface area contributed by atoms with Crippen molar-refractivity contribution in [1.82, 2.24) is 0 Å². The van der Waals surface area contributed by atoms with Gasteiger partial charge in [0.05, 0.1) is 26.4 Å². The molecule has 0 fully saturated rings. The number of hydrogen-bond donors (Lipinski definition) is 0. The fraction of sp³-hybridized carbons (Fsp3) is 1.00. The maximum atomic E-state index is 5.44. The average Bonchev–Trinajstić information content (AvgIpc) is 2.31. The third-order valence-corrected chi connectivity index (χ3v) is 2.79. The molecule has 0 aliphatic heterocycles. The highest BCUT2D eigenvalue weighted by Gasteiger charge is 1.92. The minimum Gasteiger partial charge on any atom is -0.415 e. The van der Waals surface area contributed by atoms with Gasteiger partial charge in [-0.25, -0.2) is 0 Å². The summed E-state index contributed by atoms with van der Waals surface area (Å²) in [5.74, 6) is 0. The van der Waals surface area contributed by atoms with Gasteiger partial charge >= 0.3 is 0 Å². The molecule has 0 amide bonds. The van der Waals surface area contributed by atoms with Gasteiger partial charge in [-0.15, -0.1) is 0 Å². The van der Waals surface area contributed by atoms with E-state index in [1.54, 1.807) is 0 Å². The van der Waals surface area contributed by atoms with Crippen LogP contribution in [-0.4, -0.2) is 42.8 Å². The monoisotopic (exact) mass is 246 g/mol. The maximum absolute atomic E-state index is 5.44. The lowest BCUT2D eigenvalue weighted by Gasteiger charge is -2.05. The van der Waals surface area contributed by atoms with Gasteiger partial charge < -0.3 is 13.9 Å². The van der Waals surface area contributed by atoms with Crippen molar-refractivity contribution in [2.24, 2.45) is 0 Å². The minimum atomic E-state index is 0.615. The molecular weight excluding hydrogens is 220 g/mol. The Kier molecular flexibility index (Phi) is 15.2. The van der Waals surface area contributed by atoms with Gasteiger partial charge in [0, 0.05) is 6.61 Å². The van der Waals surface area contributed by atoms with Gasteiger partial charge in [0.2, 0.25) is 9.76 Å². The van der Waals surface area contributed by atoms with Crippen LogP contribution in [0.3, 0.4) is 0 Å². The van der Waals surface area contributed by atoms with E-state index in [2.05, 4.69) is 13.8 Å². The van der Waals surface area contributed by atoms with Crippen molar-refractivity contribution in [3.63, 3.8) is 0 Å². The van der Waals surface area contributed by atoms with E-state index in [0.717, 1.165) is 12.7 Å². The Balaban J connectivity index is 2.83. The van der Waals surface area contributed by atoms with Crippen LogP contribution in [0, 0.1) is 0 Å². The molecule has 0 saturated heterocycles. The van der Waals surface area contributed by atoms with E-state index >= 15 is 0 Å². The van der Waals surface area contributed by atoms with E-state index in [4.69, 9.17) is 13.9 Å². The first-order chi connectivity index (χ1) is 7.91. The molecule has 0 aromatic heterocycles. The molecule has 4 heteroatoms. The van der Waals surface area contributed by atoms with Crippen molar-refractivity contribution in [3.8, 4) is 0 Å². The molecule has 0 heterocycles. The standard InChI is InChI=1S/C12H26O3Si/c1-3-5-6-7-8-13-9-10-14-11-12-15-16-4-2/h3-12H2,1-2H3. The summed E-state index contributed by atoms with van der Waals surface area (Å²) >= 11 is 0. The SMILES string of the molecule is CCCCCCOCCOCCO[Si]CC. The first-order valence-corrected chi connectivity index (χ1v) is 7.53. The van der Waals surface area contributed by atoms with E-state index in [1.807, 2.05) is 0 Å². The van der Waals surface area contributed by atoms with Crippen LogP contribution < -0.4 is 0 Å². The lowest BCUT2D eigenvalue weighted by atomic mass is 10.2. The Bertz CT molecular complexity index is 109. The Hall–Kier alpha value is 0.0969. The molecule has 3 nitrogen and oxygen atoms in total. The van der Waals surface area contributed by atoms with Crippen LogP contribution in [0.4, 0.5) is 0 Å². The van der Waals surface area contributed by atoms with E-state index in [9.17, 15) is 0 Å². The number of unbranched alkanes of at least 4 members (excludes halogenated alkanes) is 3. The summed E-state index contributed by atoms with van der Waals surface area (Å²) < 4.78 is 16.1. The average molecular weight is 246 g/mol. The predicted octanol–water partition coefficient (Wildman–Crippen LogP) is 2.67. The van der Waals surface area contributed by atoms with E-state index < -0.39 is 0 Å². The minimum absolute atomic E-state index is 0.615. The van der Waals surface area contributed by atoms with Gasteiger partial charge in [-0.2, -0.15) is 0 Å². The van der Waals surface area contributed by atoms with Gasteiger partial charge in [0.15, 0.2) is 0 Å². The molecule has 0 spiro atoms. The Morgan fingerprint density at radius 1 is 0.750 bits per heavy atom. The molecule has 2 radical (unpaired) electrons. The molecule has 0 N–H and O–H groups in total. The maximum Gasteiger partial charge on any atom is 0.229 e. The molecule has 96 valence electrons. The smallest absolute Gasteiger partial charge is 0.229 e. The summed E-state index contributed by atoms with van der Waals surface area (Å²) in [6, 6.07) is 1.10. The van der Waals surface area contributed by atoms with Crippen molar-refractivity contribution >= 4 is 9.76 Å². The zero-order valence-corrected chi connectivity index (χ0v) is 11.8. The molecule has 0 rings (SSSR count). The Morgan fingerprint density at radius 2 is 1.44 bits per heavy atom. The van der Waals surface area contributed by atoms with Crippen LogP contribution in [0.1, 0.15) is 39.5 Å². The van der Waals surface area contributed by atoms with E-state index in [-0.39, 0.29) is 0 Å². The molecule has 0 aromatic carbocycles. The molecule has 0 bridgehead atoms. The van der Waals surface area contributed by atoms with Crippen LogP contribution in [-0.2, 0) is 13.9 Å². The number of hydrogen-bond acceptors (Lipinski definition) is 3. The summed E-state index contributed by atoms with van der Waals surface area (Å²) in [6.07, 6.45) is 5.05. The largest absolute Gasteiger partial charge is 0.415 e. The topological polar surface area (TPSA) is 27.7 Å². The first-order valence-electron chi connectivity index (χ1n) is 6.42. The Labute approximate surface area is 103 Å². The Morgan fingerprint density at radius 3 is 2.12 bits per heavy atom. The van der Waals surface area contributed by atoms with Gasteiger partial charge in [-0.3, -0.25) is 0 Å². The summed E-state index contributed by atoms with van der Waals surface area (Å²) in [5.41, 5.74) is 0. The van der Waals surface area contributed by atoms with E-state index in [0.29, 0.717) is 36.2 Å². The zero-order valence-electron chi connectivity index (χ0n) is 10.8. The molecular formula is C12H26O3Si. The number of rotatable bonds is 13. The lowest BCUT2D eigenvalue weighted by molar-refractivity contribution is 0.0356. The van der Waals surface area contributed by atoms with Crippen molar-refractivity contribution in [2.75, 3.05) is 33.0 Å². The highest BCUT2D eigenvalue weighted by Crippen LogP contribution is 1.98. The van der Waals surface area contributed by atoms with Crippen LogP contribution in [0.15, 0.2) is 0 Å². The van der Waals surface area contributed by atoms with Gasteiger partial charge in [-0.1, -0.05) is 33.1 Å². The third kappa shape index (κ3) is 14.1. The fourth-order valence-electron chi connectivity index (χ4n) is 1.23. The van der Waals surface area contributed by atoms with Crippen LogP contribution in [0.2, 0.25) is 6.04 Å². The molecule has 0 saturated carbocycles. The summed E-state index contributed by atoms with van der Waals surface area (Å²) in [4.78, 5) is 0. The van der Waals surface area contributed by atoms with Crippen molar-refractivity contribution < 1.29 is 13.9 Å². The third-order valence-electron chi connectivity index (χ3n) is 2.09. The second kappa shape index (κ2) is 15.1. The predicted molar refractivity (Wildman–Crippen MR) is 68.0 cm³/mol. The summed E-state index contributed by atoms with van der Waals surface area (Å²) in [5, 5.41) is 0. The quantitative estimate of drug-likeness (QED) is 0.369. The number of ether oxygens (including phenoxy) is 2. The first kappa shape index (κ1) is 16.1. The highest BCUT2D eigenvalue weighted by atomic mass is 28.2. The molecule has 0 aliphatic rings. The van der Waals surface area contributed by atoms with Gasteiger partial charge in [0.25, 0.3) is 0 Å². The molecule has 0 aromatic rings. The van der Waals surface area contributed by atoms with Crippen LogP contribution in [0.5, 0.6) is 0 Å². The summed E-state index contributed by atoms with van der Waals surface area (Å²) in [6.45, 7) is 8.00. The molecule has 0 aliphatic carbocycles. The highest BCUT2D eigenvalue weighted by molar-refractivity contribution is 6.26. The fourth-order valence-corrected chi connectivity index (χ4v) is 1.66. The molecule has 16 heavy (non-hydrogen) atoms. The second-order valence-electron chi connectivity index (χ2n) is 3.63. The van der Waals surface area contributed by atoms with Gasteiger partial charge in [-0.05, 0) is 12.5 Å². The van der Waals surface area contributed by atoms with Crippen LogP contribution in [0.25, 0.3) is 0 Å². The van der Waals surface area contributed by atoms with Crippen LogP contribution >= 0.6 is 0 Å². The van der Waals surface area contributed by atoms with E-state index in [1.165, 1.54) is 25.7 Å². The zero-order chi connectivity index (χ0) is 11.9. The summed E-state index contributed by atoms with van der Waals surface area (Å²) in [7, 11) is 0.615. The molecule has 0 unspecified atom stereocenters. The van der Waals surface area contributed by atoms with Crippen molar-refractivity contribution in [3.05, 3.63) is 0 Å². The van der Waals surface area contributed by atoms with Gasteiger partial charge in [0.1, 0.15) is 0 Å². The lowest BCUT2D eigenvalue weighted by Crippen LogP contribution is -2.10. The normalized spacial score (nSPS) is 10.9. The van der Waals surface area contributed by atoms with Crippen molar-refractivity contribution in [1.29, 1.82) is 0 Å². The molecule has 0 atom stereocenters.